The molecule has 1 heterocycles. The van der Waals surface area contributed by atoms with Crippen molar-refractivity contribution in [2.45, 2.75) is 40.0 Å². The lowest BCUT2D eigenvalue weighted by Gasteiger charge is -2.32. The molecule has 1 saturated heterocycles. The van der Waals surface area contributed by atoms with Crippen molar-refractivity contribution in [1.82, 2.24) is 0 Å². The van der Waals surface area contributed by atoms with Gasteiger partial charge in [-0.2, -0.15) is 0 Å². The minimum atomic E-state index is -0.186. The van der Waals surface area contributed by atoms with Gasteiger partial charge in [0, 0.05) is 0 Å². The minimum absolute atomic E-state index is 0.0643. The molecule has 0 N–H and O–H groups in total. The SMILES string of the molecule is CC1(C)C[C@H]2C=C3COC(=O)[C@]34C[C@]4(C)[C@H]2C1. The molecular weight excluding hydrogens is 212 g/mol. The molecule has 3 aliphatic carbocycles. The number of carbonyl (C=O) groups is 1. The van der Waals surface area contributed by atoms with E-state index in [4.69, 9.17) is 4.74 Å². The molecule has 1 aliphatic heterocycles. The Balaban J connectivity index is 1.83. The van der Waals surface area contributed by atoms with Gasteiger partial charge in [-0.3, -0.25) is 4.79 Å². The van der Waals surface area contributed by atoms with Gasteiger partial charge in [-0.05, 0) is 47.5 Å². The maximum atomic E-state index is 12.1. The molecule has 2 nitrogen and oxygen atoms in total. The van der Waals surface area contributed by atoms with Crippen molar-refractivity contribution >= 4 is 5.97 Å². The molecule has 92 valence electrons. The Hall–Kier alpha value is -0.790. The number of esters is 1. The summed E-state index contributed by atoms with van der Waals surface area (Å²) in [5.41, 5.74) is 1.78. The number of fused-ring (bicyclic) bond motifs is 2. The zero-order valence-electron chi connectivity index (χ0n) is 10.9. The highest BCUT2D eigenvalue weighted by Crippen LogP contribution is 2.79. The van der Waals surface area contributed by atoms with Crippen molar-refractivity contribution in [3.63, 3.8) is 0 Å². The van der Waals surface area contributed by atoms with Crippen LogP contribution in [0.1, 0.15) is 40.0 Å². The zero-order valence-corrected chi connectivity index (χ0v) is 10.9. The number of hydrogen-bond donors (Lipinski definition) is 0. The molecule has 0 amide bonds. The first-order valence-corrected chi connectivity index (χ1v) is 6.78. The Kier molecular flexibility index (Phi) is 1.48. The van der Waals surface area contributed by atoms with Crippen LogP contribution in [0.5, 0.6) is 0 Å². The number of carbonyl (C=O) groups excluding carboxylic acids is 1. The van der Waals surface area contributed by atoms with E-state index in [2.05, 4.69) is 26.8 Å². The first-order valence-electron chi connectivity index (χ1n) is 6.78. The van der Waals surface area contributed by atoms with Gasteiger partial charge in [0.2, 0.25) is 0 Å². The summed E-state index contributed by atoms with van der Waals surface area (Å²) in [5.74, 6) is 1.46. The topological polar surface area (TPSA) is 26.3 Å². The van der Waals surface area contributed by atoms with Crippen LogP contribution < -0.4 is 0 Å². The Morgan fingerprint density at radius 1 is 1.29 bits per heavy atom. The van der Waals surface area contributed by atoms with Crippen molar-refractivity contribution in [3.05, 3.63) is 11.6 Å². The fourth-order valence-corrected chi connectivity index (χ4v) is 5.19. The zero-order chi connectivity index (χ0) is 12.1. The van der Waals surface area contributed by atoms with Gasteiger partial charge in [0.05, 0.1) is 5.41 Å². The van der Waals surface area contributed by atoms with E-state index in [1.807, 2.05) is 0 Å². The molecule has 4 rings (SSSR count). The molecule has 17 heavy (non-hydrogen) atoms. The third-order valence-electron chi connectivity index (χ3n) is 6.05. The van der Waals surface area contributed by atoms with Crippen LogP contribution in [0.3, 0.4) is 0 Å². The fourth-order valence-electron chi connectivity index (χ4n) is 5.19. The molecule has 0 aromatic rings. The third kappa shape index (κ3) is 0.937. The van der Waals surface area contributed by atoms with Crippen LogP contribution in [-0.4, -0.2) is 12.6 Å². The second-order valence-electron chi connectivity index (χ2n) is 7.61. The molecule has 0 bridgehead atoms. The summed E-state index contributed by atoms with van der Waals surface area (Å²) in [6.45, 7) is 7.64. The van der Waals surface area contributed by atoms with Gasteiger partial charge in [-0.15, -0.1) is 0 Å². The quantitative estimate of drug-likeness (QED) is 0.474. The molecule has 0 aromatic heterocycles. The summed E-state index contributed by atoms with van der Waals surface area (Å²) >= 11 is 0. The number of ether oxygens (including phenoxy) is 1. The molecule has 0 unspecified atom stereocenters. The highest BCUT2D eigenvalue weighted by atomic mass is 16.5. The van der Waals surface area contributed by atoms with E-state index in [9.17, 15) is 4.79 Å². The van der Waals surface area contributed by atoms with E-state index in [1.54, 1.807) is 0 Å². The van der Waals surface area contributed by atoms with E-state index < -0.39 is 0 Å². The number of hydrogen-bond acceptors (Lipinski definition) is 2. The predicted octanol–water partition coefficient (Wildman–Crippen LogP) is 2.93. The summed E-state index contributed by atoms with van der Waals surface area (Å²) in [4.78, 5) is 12.1. The van der Waals surface area contributed by atoms with E-state index in [0.29, 0.717) is 23.9 Å². The molecular formula is C15H20O2. The minimum Gasteiger partial charge on any atom is -0.460 e. The Bertz CT molecular complexity index is 462. The summed E-state index contributed by atoms with van der Waals surface area (Å²) in [7, 11) is 0. The molecule has 2 saturated carbocycles. The summed E-state index contributed by atoms with van der Waals surface area (Å²) in [6.07, 6.45) is 6.00. The molecule has 4 atom stereocenters. The van der Waals surface area contributed by atoms with Crippen LogP contribution in [-0.2, 0) is 9.53 Å². The summed E-state index contributed by atoms with van der Waals surface area (Å²) < 4.78 is 5.32. The van der Waals surface area contributed by atoms with Gasteiger partial charge in [0.15, 0.2) is 0 Å². The van der Waals surface area contributed by atoms with Gasteiger partial charge < -0.3 is 4.74 Å². The van der Waals surface area contributed by atoms with E-state index >= 15 is 0 Å². The van der Waals surface area contributed by atoms with Crippen LogP contribution in [0.4, 0.5) is 0 Å². The molecule has 0 radical (unpaired) electrons. The van der Waals surface area contributed by atoms with Gasteiger partial charge in [-0.25, -0.2) is 0 Å². The lowest BCUT2D eigenvalue weighted by Crippen LogP contribution is -2.31. The number of cyclic esters (lactones) is 1. The summed E-state index contributed by atoms with van der Waals surface area (Å²) in [5, 5.41) is 0. The molecule has 1 spiro atoms. The number of allylic oxidation sites excluding steroid dienone is 1. The number of rotatable bonds is 0. The average Bonchev–Trinajstić information content (AvgIpc) is 2.61. The molecule has 3 fully saturated rings. The molecule has 2 heteroatoms. The summed E-state index contributed by atoms with van der Waals surface area (Å²) in [6, 6.07) is 0. The Labute approximate surface area is 102 Å². The first-order chi connectivity index (χ1) is 7.89. The largest absolute Gasteiger partial charge is 0.460 e. The van der Waals surface area contributed by atoms with Crippen molar-refractivity contribution in [1.29, 1.82) is 0 Å². The fraction of sp³-hybridized carbons (Fsp3) is 0.800. The van der Waals surface area contributed by atoms with Crippen molar-refractivity contribution in [2.24, 2.45) is 28.1 Å². The van der Waals surface area contributed by atoms with Crippen molar-refractivity contribution in [2.75, 3.05) is 6.61 Å². The van der Waals surface area contributed by atoms with E-state index in [-0.39, 0.29) is 16.8 Å². The second kappa shape index (κ2) is 2.48. The molecule has 0 aromatic carbocycles. The third-order valence-corrected chi connectivity index (χ3v) is 6.05. The highest BCUT2D eigenvalue weighted by molar-refractivity contribution is 5.89. The van der Waals surface area contributed by atoms with Gasteiger partial charge in [-0.1, -0.05) is 26.8 Å². The lowest BCUT2D eigenvalue weighted by molar-refractivity contribution is -0.143. The van der Waals surface area contributed by atoms with Crippen LogP contribution >= 0.6 is 0 Å². The van der Waals surface area contributed by atoms with E-state index in [1.165, 1.54) is 18.4 Å². The van der Waals surface area contributed by atoms with Crippen LogP contribution in [0, 0.1) is 28.1 Å². The smallest absolute Gasteiger partial charge is 0.317 e. The van der Waals surface area contributed by atoms with Gasteiger partial charge in [0.25, 0.3) is 0 Å². The standard InChI is InChI=1S/C15H20O2/c1-13(2)5-9-4-10-7-17-12(16)15(10)8-14(15,3)11(9)6-13/h4,9,11H,5-8H2,1-3H3/t9-,11+,14-,15+/m1/s1. The van der Waals surface area contributed by atoms with Crippen LogP contribution in [0.2, 0.25) is 0 Å². The van der Waals surface area contributed by atoms with Crippen molar-refractivity contribution < 1.29 is 9.53 Å². The molecule has 4 aliphatic rings. The maximum Gasteiger partial charge on any atom is 0.317 e. The van der Waals surface area contributed by atoms with E-state index in [0.717, 1.165) is 6.42 Å². The highest BCUT2D eigenvalue weighted by Gasteiger charge is 2.79. The lowest BCUT2D eigenvalue weighted by atomic mass is 9.70. The monoisotopic (exact) mass is 232 g/mol. The maximum absolute atomic E-state index is 12.1. The van der Waals surface area contributed by atoms with Crippen LogP contribution in [0.15, 0.2) is 11.6 Å². The Morgan fingerprint density at radius 3 is 2.82 bits per heavy atom. The first kappa shape index (κ1) is 10.2. The predicted molar refractivity (Wildman–Crippen MR) is 64.2 cm³/mol. The van der Waals surface area contributed by atoms with Gasteiger partial charge in [0.1, 0.15) is 6.61 Å². The average molecular weight is 232 g/mol. The normalized spacial score (nSPS) is 53.4. The van der Waals surface area contributed by atoms with Crippen molar-refractivity contribution in [3.8, 4) is 0 Å². The van der Waals surface area contributed by atoms with Crippen LogP contribution in [0.25, 0.3) is 0 Å². The Morgan fingerprint density at radius 2 is 2.06 bits per heavy atom. The van der Waals surface area contributed by atoms with Gasteiger partial charge >= 0.3 is 5.97 Å². The second-order valence-corrected chi connectivity index (χ2v) is 7.61.